The molecule has 0 aromatic heterocycles. The number of sulfonamides is 1. The number of likely N-dealkylation sites (N-methyl/N-ethyl adjacent to an activating group) is 1. The van der Waals surface area contributed by atoms with Gasteiger partial charge in [0.15, 0.2) is 0 Å². The van der Waals surface area contributed by atoms with E-state index in [0.717, 1.165) is 15.4 Å². The first-order valence-electron chi connectivity index (χ1n) is 8.45. The third-order valence-corrected chi connectivity index (χ3v) is 6.27. The second-order valence-corrected chi connectivity index (χ2v) is 8.55. The molecule has 0 saturated heterocycles. The van der Waals surface area contributed by atoms with Crippen LogP contribution in [0.15, 0.2) is 41.3 Å². The molecule has 0 radical (unpaired) electrons. The van der Waals surface area contributed by atoms with Gasteiger partial charge in [0.05, 0.1) is 23.9 Å². The highest BCUT2D eigenvalue weighted by Gasteiger charge is 2.26. The highest BCUT2D eigenvalue weighted by molar-refractivity contribution is 7.89. The lowest BCUT2D eigenvalue weighted by molar-refractivity contribution is -0.116. The van der Waals surface area contributed by atoms with Gasteiger partial charge >= 0.3 is 0 Å². The molecule has 27 heavy (non-hydrogen) atoms. The number of carbonyl (C=O) groups is 1. The molecule has 0 aliphatic heterocycles. The lowest BCUT2D eigenvalue weighted by atomic mass is 10.1. The van der Waals surface area contributed by atoms with Gasteiger partial charge in [-0.1, -0.05) is 29.8 Å². The van der Waals surface area contributed by atoms with E-state index in [0.29, 0.717) is 23.2 Å². The minimum absolute atomic E-state index is 0.240. The number of nitriles is 1. The van der Waals surface area contributed by atoms with Gasteiger partial charge in [0, 0.05) is 12.7 Å². The van der Waals surface area contributed by atoms with Crippen LogP contribution < -0.4 is 5.32 Å². The highest BCUT2D eigenvalue weighted by atomic mass is 32.2. The zero-order chi connectivity index (χ0) is 20.2. The summed E-state index contributed by atoms with van der Waals surface area (Å²) in [7, 11) is -2.39. The van der Waals surface area contributed by atoms with Crippen LogP contribution in [0.5, 0.6) is 0 Å². The van der Waals surface area contributed by atoms with E-state index in [1.807, 2.05) is 19.1 Å². The molecule has 0 atom stereocenters. The standard InChI is InChI=1S/C20H23N3O3S/c1-14-11-15(2)20(16(3)12-14)27(25,26)23(4)13-19(24)22-18-7-5-17(6-8-18)9-10-21/h5-8,11-12H,9,13H2,1-4H3,(H,22,24). The molecule has 1 N–H and O–H groups in total. The molecular weight excluding hydrogens is 362 g/mol. The Morgan fingerprint density at radius 1 is 1.11 bits per heavy atom. The van der Waals surface area contributed by atoms with Gasteiger partial charge in [0.1, 0.15) is 0 Å². The normalized spacial score (nSPS) is 11.3. The summed E-state index contributed by atoms with van der Waals surface area (Å²) in [5.41, 5.74) is 3.71. The summed E-state index contributed by atoms with van der Waals surface area (Å²) in [5.74, 6) is -0.434. The van der Waals surface area contributed by atoms with Crippen molar-refractivity contribution in [1.29, 1.82) is 5.26 Å². The van der Waals surface area contributed by atoms with Crippen LogP contribution in [-0.2, 0) is 21.2 Å². The maximum Gasteiger partial charge on any atom is 0.243 e. The first-order valence-corrected chi connectivity index (χ1v) is 9.89. The monoisotopic (exact) mass is 385 g/mol. The van der Waals surface area contributed by atoms with Crippen molar-refractivity contribution in [3.63, 3.8) is 0 Å². The number of aryl methyl sites for hydroxylation is 3. The van der Waals surface area contributed by atoms with Crippen molar-refractivity contribution in [2.45, 2.75) is 32.1 Å². The summed E-state index contributed by atoms with van der Waals surface area (Å²) in [4.78, 5) is 12.5. The summed E-state index contributed by atoms with van der Waals surface area (Å²) in [6, 6.07) is 12.6. The third-order valence-electron chi connectivity index (χ3n) is 4.16. The Bertz CT molecular complexity index is 967. The summed E-state index contributed by atoms with van der Waals surface area (Å²) < 4.78 is 26.9. The van der Waals surface area contributed by atoms with Gasteiger partial charge < -0.3 is 5.32 Å². The fraction of sp³-hybridized carbons (Fsp3) is 0.300. The van der Waals surface area contributed by atoms with Crippen molar-refractivity contribution < 1.29 is 13.2 Å². The fourth-order valence-electron chi connectivity index (χ4n) is 3.01. The minimum Gasteiger partial charge on any atom is -0.325 e. The number of anilines is 1. The van der Waals surface area contributed by atoms with Crippen molar-refractivity contribution in [2.75, 3.05) is 18.9 Å². The van der Waals surface area contributed by atoms with Gasteiger partial charge in [-0.2, -0.15) is 9.57 Å². The molecule has 2 rings (SSSR count). The molecule has 0 saturated carbocycles. The average molecular weight is 385 g/mol. The SMILES string of the molecule is Cc1cc(C)c(S(=O)(=O)N(C)CC(=O)Nc2ccc(CC#N)cc2)c(C)c1. The Hall–Kier alpha value is -2.69. The van der Waals surface area contributed by atoms with Crippen LogP contribution in [0.3, 0.4) is 0 Å². The van der Waals surface area contributed by atoms with Crippen LogP contribution in [0.1, 0.15) is 22.3 Å². The number of nitrogens with one attached hydrogen (secondary N) is 1. The average Bonchev–Trinajstić information content (AvgIpc) is 2.55. The van der Waals surface area contributed by atoms with Gasteiger partial charge in [-0.3, -0.25) is 4.79 Å². The van der Waals surface area contributed by atoms with E-state index in [-0.39, 0.29) is 11.4 Å². The first-order chi connectivity index (χ1) is 12.6. The maximum absolute atomic E-state index is 12.9. The number of benzene rings is 2. The topological polar surface area (TPSA) is 90.3 Å². The summed E-state index contributed by atoms with van der Waals surface area (Å²) in [6.45, 7) is 5.12. The van der Waals surface area contributed by atoms with Crippen molar-refractivity contribution in [1.82, 2.24) is 4.31 Å². The molecule has 6 nitrogen and oxygen atoms in total. The van der Waals surface area contributed by atoms with Crippen LogP contribution in [0.2, 0.25) is 0 Å². The third kappa shape index (κ3) is 4.94. The van der Waals surface area contributed by atoms with Crippen LogP contribution >= 0.6 is 0 Å². The van der Waals surface area contributed by atoms with Gasteiger partial charge in [-0.15, -0.1) is 0 Å². The Balaban J connectivity index is 2.12. The van der Waals surface area contributed by atoms with E-state index in [1.165, 1.54) is 7.05 Å². The van der Waals surface area contributed by atoms with Crippen LogP contribution in [0, 0.1) is 32.1 Å². The van der Waals surface area contributed by atoms with E-state index in [1.54, 1.807) is 38.1 Å². The minimum atomic E-state index is -3.78. The second-order valence-electron chi connectivity index (χ2n) is 6.57. The second kappa shape index (κ2) is 8.33. The van der Waals surface area contributed by atoms with Gasteiger partial charge in [0.2, 0.25) is 15.9 Å². The predicted molar refractivity (Wildman–Crippen MR) is 105 cm³/mol. The van der Waals surface area contributed by atoms with Crippen molar-refractivity contribution in [3.05, 3.63) is 58.7 Å². The Kier molecular flexibility index (Phi) is 6.37. The molecule has 0 bridgehead atoms. The first kappa shape index (κ1) is 20.6. The molecule has 0 aliphatic carbocycles. The van der Waals surface area contributed by atoms with Gasteiger partial charge in [-0.05, 0) is 49.6 Å². The molecule has 1 amide bonds. The molecule has 0 spiro atoms. The van der Waals surface area contributed by atoms with Crippen LogP contribution in [0.4, 0.5) is 5.69 Å². The van der Waals surface area contributed by atoms with Gasteiger partial charge in [-0.25, -0.2) is 8.42 Å². The largest absolute Gasteiger partial charge is 0.325 e. The molecule has 2 aromatic carbocycles. The molecule has 0 fully saturated rings. The molecule has 0 unspecified atom stereocenters. The number of hydrogen-bond donors (Lipinski definition) is 1. The summed E-state index contributed by atoms with van der Waals surface area (Å²) >= 11 is 0. The molecule has 0 aliphatic rings. The van der Waals surface area contributed by atoms with Crippen molar-refractivity contribution >= 4 is 21.6 Å². The van der Waals surface area contributed by atoms with E-state index in [9.17, 15) is 13.2 Å². The molecule has 0 heterocycles. The van der Waals surface area contributed by atoms with E-state index in [4.69, 9.17) is 5.26 Å². The lowest BCUT2D eigenvalue weighted by Crippen LogP contribution is -2.35. The van der Waals surface area contributed by atoms with Crippen molar-refractivity contribution in [3.8, 4) is 6.07 Å². The zero-order valence-corrected chi connectivity index (χ0v) is 16.7. The van der Waals surface area contributed by atoms with E-state index < -0.39 is 15.9 Å². The number of nitrogens with zero attached hydrogens (tertiary/aromatic N) is 2. The smallest absolute Gasteiger partial charge is 0.243 e. The number of hydrogen-bond acceptors (Lipinski definition) is 4. The fourth-order valence-corrected chi connectivity index (χ4v) is 4.54. The molecule has 142 valence electrons. The van der Waals surface area contributed by atoms with Crippen LogP contribution in [-0.4, -0.2) is 32.2 Å². The summed E-state index contributed by atoms with van der Waals surface area (Å²) in [5, 5.41) is 11.4. The Morgan fingerprint density at radius 2 is 1.67 bits per heavy atom. The zero-order valence-electron chi connectivity index (χ0n) is 15.9. The summed E-state index contributed by atoms with van der Waals surface area (Å²) in [6.07, 6.45) is 0.296. The predicted octanol–water partition coefficient (Wildman–Crippen LogP) is 2.94. The van der Waals surface area contributed by atoms with E-state index >= 15 is 0 Å². The van der Waals surface area contributed by atoms with E-state index in [2.05, 4.69) is 11.4 Å². The quantitative estimate of drug-likeness (QED) is 0.828. The number of carbonyl (C=O) groups excluding carboxylic acids is 1. The maximum atomic E-state index is 12.9. The lowest BCUT2D eigenvalue weighted by Gasteiger charge is -2.20. The van der Waals surface area contributed by atoms with Crippen molar-refractivity contribution in [2.24, 2.45) is 0 Å². The molecule has 7 heteroatoms. The Labute approximate surface area is 160 Å². The molecule has 2 aromatic rings. The van der Waals surface area contributed by atoms with Crippen LogP contribution in [0.25, 0.3) is 0 Å². The van der Waals surface area contributed by atoms with Gasteiger partial charge in [0.25, 0.3) is 0 Å². The Morgan fingerprint density at radius 3 is 2.19 bits per heavy atom. The molecular formula is C20H23N3O3S. The number of amides is 1. The number of rotatable bonds is 6. The highest BCUT2D eigenvalue weighted by Crippen LogP contribution is 2.24.